The normalized spacial score (nSPS) is 15.6. The largest absolute Gasteiger partial charge is 0.368 e. The third kappa shape index (κ3) is 4.41. The number of aromatic nitrogens is 1. The Balaban J connectivity index is 1.60. The van der Waals surface area contributed by atoms with E-state index in [0.717, 1.165) is 38.4 Å². The fourth-order valence-corrected chi connectivity index (χ4v) is 3.37. The fraction of sp³-hybridized carbons (Fsp3) is 0.455. The van der Waals surface area contributed by atoms with Crippen LogP contribution in [0.4, 0.5) is 11.5 Å². The fourth-order valence-electron chi connectivity index (χ4n) is 3.37. The molecule has 0 saturated carbocycles. The van der Waals surface area contributed by atoms with Crippen LogP contribution < -0.4 is 10.2 Å². The average molecular weight is 367 g/mol. The third-order valence-corrected chi connectivity index (χ3v) is 5.50. The van der Waals surface area contributed by atoms with E-state index < -0.39 is 0 Å². The highest BCUT2D eigenvalue weighted by molar-refractivity contribution is 5.94. The van der Waals surface area contributed by atoms with Crippen LogP contribution in [0.15, 0.2) is 36.5 Å². The minimum atomic E-state index is 0.0678. The Morgan fingerprint density at radius 3 is 2.52 bits per heavy atom. The molecule has 2 heterocycles. The van der Waals surface area contributed by atoms with Crippen molar-refractivity contribution in [2.24, 2.45) is 0 Å². The van der Waals surface area contributed by atoms with E-state index in [1.807, 2.05) is 17.0 Å². The lowest BCUT2D eigenvalue weighted by atomic mass is 10.1. The van der Waals surface area contributed by atoms with Crippen LogP contribution in [-0.2, 0) is 0 Å². The molecule has 0 radical (unpaired) electrons. The van der Waals surface area contributed by atoms with Crippen molar-refractivity contribution in [3.63, 3.8) is 0 Å². The average Bonchev–Trinajstić information content (AvgIpc) is 2.70. The Morgan fingerprint density at radius 2 is 1.89 bits per heavy atom. The van der Waals surface area contributed by atoms with Crippen molar-refractivity contribution in [1.82, 2.24) is 9.88 Å². The summed E-state index contributed by atoms with van der Waals surface area (Å²) < 4.78 is 0. The Kier molecular flexibility index (Phi) is 5.99. The van der Waals surface area contributed by atoms with Gasteiger partial charge in [-0.15, -0.1) is 0 Å². The van der Waals surface area contributed by atoms with Gasteiger partial charge in [0, 0.05) is 44.1 Å². The molecule has 1 aromatic carbocycles. The number of carbonyl (C=O) groups is 1. The number of carbonyl (C=O) groups excluding carboxylic acids is 1. The number of anilines is 2. The minimum absolute atomic E-state index is 0.0678. The molecule has 0 aliphatic carbocycles. The van der Waals surface area contributed by atoms with Crippen LogP contribution in [0.25, 0.3) is 0 Å². The Labute approximate surface area is 162 Å². The van der Waals surface area contributed by atoms with Gasteiger partial charge in [0.2, 0.25) is 0 Å². The van der Waals surface area contributed by atoms with Gasteiger partial charge in [-0.25, -0.2) is 4.98 Å². The molecule has 27 heavy (non-hydrogen) atoms. The summed E-state index contributed by atoms with van der Waals surface area (Å²) in [5.41, 5.74) is 4.57. The molecule has 3 rings (SSSR count). The summed E-state index contributed by atoms with van der Waals surface area (Å²) in [6, 6.07) is 10.6. The molecular formula is C22H30N4O. The van der Waals surface area contributed by atoms with Gasteiger partial charge >= 0.3 is 0 Å². The summed E-state index contributed by atoms with van der Waals surface area (Å²) in [7, 11) is 0. The summed E-state index contributed by atoms with van der Waals surface area (Å²) >= 11 is 0. The molecule has 0 bridgehead atoms. The van der Waals surface area contributed by atoms with E-state index >= 15 is 0 Å². The lowest BCUT2D eigenvalue weighted by molar-refractivity contribution is 0.0746. The van der Waals surface area contributed by atoms with E-state index in [2.05, 4.69) is 61.1 Å². The van der Waals surface area contributed by atoms with Gasteiger partial charge in [0.25, 0.3) is 5.91 Å². The maximum Gasteiger partial charge on any atom is 0.255 e. The topological polar surface area (TPSA) is 48.5 Å². The Bertz CT molecular complexity index is 779. The maximum atomic E-state index is 12.8. The second-order valence-corrected chi connectivity index (χ2v) is 7.38. The summed E-state index contributed by atoms with van der Waals surface area (Å²) in [6.07, 6.45) is 2.72. The lowest BCUT2D eigenvalue weighted by Gasteiger charge is -2.37. The first-order chi connectivity index (χ1) is 13.0. The summed E-state index contributed by atoms with van der Waals surface area (Å²) in [4.78, 5) is 21.5. The number of hydrogen-bond acceptors (Lipinski definition) is 4. The predicted octanol–water partition coefficient (Wildman–Crippen LogP) is 3.87. The van der Waals surface area contributed by atoms with E-state index in [1.54, 1.807) is 6.20 Å². The molecule has 1 fully saturated rings. The number of pyridine rings is 1. The number of amides is 1. The number of piperazine rings is 1. The molecule has 1 aromatic heterocycles. The van der Waals surface area contributed by atoms with Crippen LogP contribution >= 0.6 is 0 Å². The summed E-state index contributed by atoms with van der Waals surface area (Å²) in [5.74, 6) is 0.888. The van der Waals surface area contributed by atoms with E-state index in [0.29, 0.717) is 11.6 Å². The van der Waals surface area contributed by atoms with Crippen LogP contribution in [0.5, 0.6) is 0 Å². The first kappa shape index (κ1) is 19.2. The maximum absolute atomic E-state index is 12.8. The van der Waals surface area contributed by atoms with Gasteiger partial charge in [-0.3, -0.25) is 4.79 Å². The van der Waals surface area contributed by atoms with Crippen molar-refractivity contribution in [3.05, 3.63) is 53.2 Å². The summed E-state index contributed by atoms with van der Waals surface area (Å²) in [6.45, 7) is 11.8. The first-order valence-electron chi connectivity index (χ1n) is 9.82. The smallest absolute Gasteiger partial charge is 0.255 e. The predicted molar refractivity (Wildman–Crippen MR) is 112 cm³/mol. The monoisotopic (exact) mass is 366 g/mol. The molecule has 1 aliphatic rings. The molecular weight excluding hydrogens is 336 g/mol. The van der Waals surface area contributed by atoms with Crippen molar-refractivity contribution >= 4 is 17.4 Å². The van der Waals surface area contributed by atoms with Crippen molar-refractivity contribution in [2.45, 2.75) is 40.2 Å². The van der Waals surface area contributed by atoms with Crippen LogP contribution in [0.3, 0.4) is 0 Å². The number of hydrogen-bond donors (Lipinski definition) is 1. The van der Waals surface area contributed by atoms with Crippen LogP contribution in [0.1, 0.15) is 41.8 Å². The highest BCUT2D eigenvalue weighted by Crippen LogP contribution is 2.24. The van der Waals surface area contributed by atoms with E-state index in [9.17, 15) is 4.79 Å². The Morgan fingerprint density at radius 1 is 1.15 bits per heavy atom. The van der Waals surface area contributed by atoms with Crippen LogP contribution in [0.2, 0.25) is 0 Å². The molecule has 5 heteroatoms. The van der Waals surface area contributed by atoms with Crippen LogP contribution in [0, 0.1) is 13.8 Å². The molecule has 1 atom stereocenters. The van der Waals surface area contributed by atoms with E-state index in [-0.39, 0.29) is 5.91 Å². The molecule has 1 aliphatic heterocycles. The van der Waals surface area contributed by atoms with Crippen molar-refractivity contribution in [2.75, 3.05) is 36.4 Å². The van der Waals surface area contributed by atoms with Gasteiger partial charge < -0.3 is 15.1 Å². The van der Waals surface area contributed by atoms with Crippen molar-refractivity contribution in [3.8, 4) is 0 Å². The number of nitrogens with one attached hydrogen (secondary N) is 1. The van der Waals surface area contributed by atoms with Gasteiger partial charge in [-0.2, -0.15) is 0 Å². The standard InChI is InChI=1S/C22H30N4O/c1-5-17(3)24-21-10-9-19(15-23-21)22(27)26-13-11-25(12-14-26)20-8-6-7-16(2)18(20)4/h6-10,15,17H,5,11-14H2,1-4H3,(H,23,24). The third-order valence-electron chi connectivity index (χ3n) is 5.50. The molecule has 1 saturated heterocycles. The number of benzene rings is 1. The number of aryl methyl sites for hydroxylation is 1. The highest BCUT2D eigenvalue weighted by Gasteiger charge is 2.23. The zero-order valence-corrected chi connectivity index (χ0v) is 16.8. The second kappa shape index (κ2) is 8.42. The van der Waals surface area contributed by atoms with Crippen LogP contribution in [-0.4, -0.2) is 48.0 Å². The van der Waals surface area contributed by atoms with E-state index in [4.69, 9.17) is 0 Å². The number of rotatable bonds is 5. The minimum Gasteiger partial charge on any atom is -0.368 e. The zero-order chi connectivity index (χ0) is 19.4. The quantitative estimate of drug-likeness (QED) is 0.873. The van der Waals surface area contributed by atoms with Gasteiger partial charge in [-0.05, 0) is 56.5 Å². The molecule has 2 aromatic rings. The highest BCUT2D eigenvalue weighted by atomic mass is 16.2. The van der Waals surface area contributed by atoms with Gasteiger partial charge in [0.05, 0.1) is 5.56 Å². The van der Waals surface area contributed by atoms with Crippen molar-refractivity contribution in [1.29, 1.82) is 0 Å². The zero-order valence-electron chi connectivity index (χ0n) is 16.8. The molecule has 0 spiro atoms. The molecule has 1 unspecified atom stereocenters. The van der Waals surface area contributed by atoms with E-state index in [1.165, 1.54) is 16.8 Å². The number of nitrogens with zero attached hydrogens (tertiary/aromatic N) is 3. The SMILES string of the molecule is CCC(C)Nc1ccc(C(=O)N2CCN(c3cccc(C)c3C)CC2)cn1. The van der Waals surface area contributed by atoms with Gasteiger partial charge in [-0.1, -0.05) is 19.1 Å². The Hall–Kier alpha value is -2.56. The molecule has 5 nitrogen and oxygen atoms in total. The summed E-state index contributed by atoms with van der Waals surface area (Å²) in [5, 5.41) is 3.33. The lowest BCUT2D eigenvalue weighted by Crippen LogP contribution is -2.49. The second-order valence-electron chi connectivity index (χ2n) is 7.38. The molecule has 1 N–H and O–H groups in total. The molecule has 1 amide bonds. The van der Waals surface area contributed by atoms with Crippen molar-refractivity contribution < 1.29 is 4.79 Å². The first-order valence-corrected chi connectivity index (χ1v) is 9.82. The molecule has 144 valence electrons. The van der Waals surface area contributed by atoms with Gasteiger partial charge in [0.1, 0.15) is 5.82 Å². The van der Waals surface area contributed by atoms with Gasteiger partial charge in [0.15, 0.2) is 0 Å².